The van der Waals surface area contributed by atoms with Crippen molar-refractivity contribution in [3.05, 3.63) is 18.4 Å². The molecule has 0 bridgehead atoms. The van der Waals surface area contributed by atoms with E-state index in [1.54, 1.807) is 18.2 Å². The summed E-state index contributed by atoms with van der Waals surface area (Å²) < 4.78 is 10.3. The Kier molecular flexibility index (Phi) is 2.64. The predicted molar refractivity (Wildman–Crippen MR) is 61.4 cm³/mol. The van der Waals surface area contributed by atoms with Crippen LogP contribution in [0.25, 0.3) is 0 Å². The van der Waals surface area contributed by atoms with Gasteiger partial charge in [-0.3, -0.25) is 4.90 Å². The topological polar surface area (TPSA) is 55.6 Å². The molecule has 2 rings (SSSR count). The Morgan fingerprint density at radius 1 is 1.53 bits per heavy atom. The zero-order valence-corrected chi connectivity index (χ0v) is 10.7. The number of ether oxygens (including phenoxy) is 1. The summed E-state index contributed by atoms with van der Waals surface area (Å²) >= 11 is 0. The first kappa shape index (κ1) is 12.0. The van der Waals surface area contributed by atoms with Crippen molar-refractivity contribution in [3.8, 4) is 0 Å². The van der Waals surface area contributed by atoms with E-state index in [1.165, 1.54) is 6.39 Å². The highest BCUT2D eigenvalue weighted by Gasteiger charge is 2.53. The van der Waals surface area contributed by atoms with Gasteiger partial charge in [0.15, 0.2) is 6.39 Å². The minimum absolute atomic E-state index is 0.321. The van der Waals surface area contributed by atoms with Gasteiger partial charge in [0.25, 0.3) is 0 Å². The molecular weight excluding hydrogens is 220 g/mol. The molecule has 1 aromatic rings. The quantitative estimate of drug-likeness (QED) is 0.794. The molecule has 1 saturated carbocycles. The molecular formula is C12H18N2O3. The Morgan fingerprint density at radius 2 is 2.18 bits per heavy atom. The summed E-state index contributed by atoms with van der Waals surface area (Å²) in [5, 5.41) is 0. The van der Waals surface area contributed by atoms with Crippen molar-refractivity contribution < 1.29 is 13.9 Å². The Labute approximate surface area is 101 Å². The third-order valence-corrected chi connectivity index (χ3v) is 2.94. The fourth-order valence-corrected chi connectivity index (χ4v) is 1.83. The van der Waals surface area contributed by atoms with Gasteiger partial charge in [-0.25, -0.2) is 9.78 Å². The van der Waals surface area contributed by atoms with Crippen LogP contribution in [0, 0.1) is 0 Å². The van der Waals surface area contributed by atoms with Gasteiger partial charge in [0.2, 0.25) is 0 Å². The van der Waals surface area contributed by atoms with E-state index in [1.807, 2.05) is 20.8 Å². The van der Waals surface area contributed by atoms with Gasteiger partial charge in [0.1, 0.15) is 17.6 Å². The van der Waals surface area contributed by atoms with E-state index in [0.29, 0.717) is 0 Å². The molecule has 1 fully saturated rings. The van der Waals surface area contributed by atoms with Crippen LogP contribution < -0.4 is 0 Å². The number of rotatable bonds is 2. The zero-order chi connectivity index (χ0) is 12.7. The maximum absolute atomic E-state index is 12.0. The van der Waals surface area contributed by atoms with Crippen LogP contribution in [0.3, 0.4) is 0 Å². The first-order valence-electron chi connectivity index (χ1n) is 5.71. The normalized spacial score (nSPS) is 17.6. The number of carbonyl (C=O) groups excluding carboxylic acids is 1. The van der Waals surface area contributed by atoms with Crippen molar-refractivity contribution in [1.29, 1.82) is 0 Å². The predicted octanol–water partition coefficient (Wildman–Crippen LogP) is 2.53. The lowest BCUT2D eigenvalue weighted by Gasteiger charge is -2.29. The number of hydrogen-bond acceptors (Lipinski definition) is 4. The van der Waals surface area contributed by atoms with Gasteiger partial charge in [-0.2, -0.15) is 0 Å². The Hall–Kier alpha value is -1.52. The first-order chi connectivity index (χ1) is 7.85. The van der Waals surface area contributed by atoms with Crippen LogP contribution in [0.4, 0.5) is 4.79 Å². The van der Waals surface area contributed by atoms with Crippen LogP contribution in [0.15, 0.2) is 17.1 Å². The van der Waals surface area contributed by atoms with E-state index in [0.717, 1.165) is 18.5 Å². The second-order valence-corrected chi connectivity index (χ2v) is 5.44. The number of nitrogens with zero attached hydrogens (tertiary/aromatic N) is 2. The molecule has 1 heterocycles. The fourth-order valence-electron chi connectivity index (χ4n) is 1.83. The number of amides is 1. The summed E-state index contributed by atoms with van der Waals surface area (Å²) in [4.78, 5) is 17.7. The summed E-state index contributed by atoms with van der Waals surface area (Å²) in [5.41, 5.74) is -0.00789. The third-order valence-electron chi connectivity index (χ3n) is 2.94. The maximum atomic E-state index is 12.0. The zero-order valence-electron chi connectivity index (χ0n) is 10.7. The molecule has 1 aliphatic carbocycles. The van der Waals surface area contributed by atoms with Crippen LogP contribution in [-0.2, 0) is 10.3 Å². The van der Waals surface area contributed by atoms with E-state index < -0.39 is 5.60 Å². The minimum Gasteiger partial charge on any atom is -0.451 e. The van der Waals surface area contributed by atoms with E-state index >= 15 is 0 Å². The van der Waals surface area contributed by atoms with Gasteiger partial charge in [0.05, 0.1) is 5.54 Å². The second-order valence-electron chi connectivity index (χ2n) is 5.44. The molecule has 0 aliphatic heterocycles. The van der Waals surface area contributed by atoms with Crippen LogP contribution in [0.5, 0.6) is 0 Å². The van der Waals surface area contributed by atoms with Gasteiger partial charge in [-0.05, 0) is 33.6 Å². The molecule has 0 saturated heterocycles. The van der Waals surface area contributed by atoms with Gasteiger partial charge < -0.3 is 9.15 Å². The van der Waals surface area contributed by atoms with Gasteiger partial charge in [-0.1, -0.05) is 0 Å². The number of oxazole rings is 1. The average Bonchev–Trinajstić information content (AvgIpc) is 2.82. The number of carbonyl (C=O) groups is 1. The van der Waals surface area contributed by atoms with Crippen LogP contribution in [0.2, 0.25) is 0 Å². The van der Waals surface area contributed by atoms with Crippen molar-refractivity contribution in [2.75, 3.05) is 7.05 Å². The SMILES string of the molecule is CN(C(=O)OC(C)(C)C)C1(c2cocn2)CC1. The van der Waals surface area contributed by atoms with E-state index in [-0.39, 0.29) is 11.6 Å². The smallest absolute Gasteiger partial charge is 0.410 e. The van der Waals surface area contributed by atoms with E-state index in [4.69, 9.17) is 9.15 Å². The summed E-state index contributed by atoms with van der Waals surface area (Å²) in [6.45, 7) is 5.57. The summed E-state index contributed by atoms with van der Waals surface area (Å²) in [7, 11) is 1.75. The van der Waals surface area contributed by atoms with Crippen LogP contribution >= 0.6 is 0 Å². The van der Waals surface area contributed by atoms with Gasteiger partial charge in [-0.15, -0.1) is 0 Å². The molecule has 0 radical (unpaired) electrons. The minimum atomic E-state index is -0.481. The highest BCUT2D eigenvalue weighted by atomic mass is 16.6. The summed E-state index contributed by atoms with van der Waals surface area (Å²) in [5.74, 6) is 0. The molecule has 0 spiro atoms. The van der Waals surface area contributed by atoms with Crippen molar-refractivity contribution in [2.24, 2.45) is 0 Å². The molecule has 94 valence electrons. The van der Waals surface area contributed by atoms with E-state index in [2.05, 4.69) is 4.98 Å². The molecule has 1 amide bonds. The van der Waals surface area contributed by atoms with Crippen LogP contribution in [0.1, 0.15) is 39.3 Å². The van der Waals surface area contributed by atoms with Crippen LogP contribution in [-0.4, -0.2) is 28.6 Å². The maximum Gasteiger partial charge on any atom is 0.410 e. The van der Waals surface area contributed by atoms with Crippen molar-refractivity contribution in [1.82, 2.24) is 9.88 Å². The third kappa shape index (κ3) is 2.28. The molecule has 0 atom stereocenters. The molecule has 0 N–H and O–H groups in total. The Bertz CT molecular complexity index is 402. The average molecular weight is 238 g/mol. The molecule has 5 nitrogen and oxygen atoms in total. The Morgan fingerprint density at radius 3 is 2.59 bits per heavy atom. The van der Waals surface area contributed by atoms with E-state index in [9.17, 15) is 4.79 Å². The highest BCUT2D eigenvalue weighted by Crippen LogP contribution is 2.49. The monoisotopic (exact) mass is 238 g/mol. The molecule has 0 unspecified atom stereocenters. The standard InChI is InChI=1S/C12H18N2O3/c1-11(2,3)17-10(15)14(4)12(5-6-12)9-7-16-8-13-9/h7-8H,5-6H2,1-4H3. The van der Waals surface area contributed by atoms with Gasteiger partial charge in [0, 0.05) is 7.05 Å². The second kappa shape index (κ2) is 3.75. The molecule has 1 aliphatic rings. The highest BCUT2D eigenvalue weighted by molar-refractivity contribution is 5.69. The largest absolute Gasteiger partial charge is 0.451 e. The number of hydrogen-bond donors (Lipinski definition) is 0. The molecule has 5 heteroatoms. The first-order valence-corrected chi connectivity index (χ1v) is 5.71. The fraction of sp³-hybridized carbons (Fsp3) is 0.667. The summed E-state index contributed by atoms with van der Waals surface area (Å²) in [6, 6.07) is 0. The lowest BCUT2D eigenvalue weighted by molar-refractivity contribution is 0.0185. The number of aromatic nitrogens is 1. The van der Waals surface area contributed by atoms with Crippen molar-refractivity contribution in [2.45, 2.75) is 44.8 Å². The molecule has 1 aromatic heterocycles. The lowest BCUT2D eigenvalue weighted by Crippen LogP contribution is -2.41. The molecule has 0 aromatic carbocycles. The van der Waals surface area contributed by atoms with Gasteiger partial charge >= 0.3 is 6.09 Å². The summed E-state index contributed by atoms with van der Waals surface area (Å²) in [6.07, 6.45) is 4.45. The van der Waals surface area contributed by atoms with Crippen molar-refractivity contribution in [3.63, 3.8) is 0 Å². The van der Waals surface area contributed by atoms with Crippen molar-refractivity contribution >= 4 is 6.09 Å². The Balaban J connectivity index is 2.11. The lowest BCUT2D eigenvalue weighted by atomic mass is 10.1. The molecule has 17 heavy (non-hydrogen) atoms.